The van der Waals surface area contributed by atoms with Gasteiger partial charge in [-0.1, -0.05) is 35.9 Å². The Morgan fingerprint density at radius 3 is 2.52 bits per heavy atom. The quantitative estimate of drug-likeness (QED) is 0.634. The fourth-order valence-electron chi connectivity index (χ4n) is 2.60. The van der Waals surface area contributed by atoms with E-state index >= 15 is 0 Å². The number of aromatic nitrogens is 1. The molecule has 0 saturated carbocycles. The van der Waals surface area contributed by atoms with Gasteiger partial charge in [-0.3, -0.25) is 4.98 Å². The number of benzene rings is 2. The molecule has 2 aromatic carbocycles. The van der Waals surface area contributed by atoms with Gasteiger partial charge in [-0.2, -0.15) is 0 Å². The van der Waals surface area contributed by atoms with E-state index < -0.39 is 16.9 Å². The smallest absolute Gasteiger partial charge is 0.157 e. The number of hydrogen-bond donors (Lipinski definition) is 1. The minimum absolute atomic E-state index is 0.202. The molecule has 1 atom stereocenters. The first-order valence-corrected chi connectivity index (χ1v) is 9.18. The molecule has 128 valence electrons. The van der Waals surface area contributed by atoms with Crippen LogP contribution < -0.4 is 0 Å². The predicted molar refractivity (Wildman–Crippen MR) is 99.3 cm³/mol. The highest BCUT2D eigenvalue weighted by Gasteiger charge is 2.12. The summed E-state index contributed by atoms with van der Waals surface area (Å²) >= 11 is 4.14. The normalized spacial score (nSPS) is 12.2. The van der Waals surface area contributed by atoms with E-state index in [4.69, 9.17) is 16.2 Å². The number of rotatable bonds is 4. The summed E-state index contributed by atoms with van der Waals surface area (Å²) in [5, 5.41) is 0.659. The Labute approximate surface area is 152 Å². The van der Waals surface area contributed by atoms with E-state index in [1.54, 1.807) is 18.5 Å². The molecule has 3 aromatic rings. The molecule has 0 amide bonds. The second-order valence-corrected chi connectivity index (χ2v) is 7.00. The van der Waals surface area contributed by atoms with E-state index in [0.29, 0.717) is 10.6 Å². The molecule has 0 aliphatic rings. The molecule has 3 nitrogen and oxygen atoms in total. The molecule has 6 heteroatoms. The third kappa shape index (κ3) is 3.95. The fraction of sp³-hybridized carbons (Fsp3) is 0.105. The summed E-state index contributed by atoms with van der Waals surface area (Å²) in [6.07, 6.45) is 3.34. The van der Waals surface area contributed by atoms with Crippen LogP contribution in [0.2, 0.25) is 5.02 Å². The number of aryl methyl sites for hydroxylation is 1. The minimum Gasteiger partial charge on any atom is -0.306 e. The lowest BCUT2D eigenvalue weighted by Crippen LogP contribution is -1.97. The molecule has 1 unspecified atom stereocenters. The second-order valence-electron chi connectivity index (χ2n) is 5.66. The molecule has 0 radical (unpaired) electrons. The average Bonchev–Trinajstić information content (AvgIpc) is 2.59. The predicted octanol–water partition coefficient (Wildman–Crippen LogP) is 5.24. The van der Waals surface area contributed by atoms with E-state index in [0.717, 1.165) is 22.3 Å². The summed E-state index contributed by atoms with van der Waals surface area (Å²) in [6.45, 7) is 1.93. The number of nitrogens with zero attached hydrogens (tertiary/aromatic N) is 1. The lowest BCUT2D eigenvalue weighted by atomic mass is 9.95. The molecule has 1 N–H and O–H groups in total. The Kier molecular flexibility index (Phi) is 5.27. The molecule has 0 spiro atoms. The van der Waals surface area contributed by atoms with Gasteiger partial charge in [-0.05, 0) is 47.4 Å². The first-order chi connectivity index (χ1) is 12.0. The standard InChI is InChI=1S/C19H15ClFNO2S/c1-12-2-3-13(8-18(12)20)16-6-7-22-10-17(16)14-4-5-15(11-25(23)24)19(21)9-14/h2-10H,11H2,1H3,(H,23,24). The lowest BCUT2D eigenvalue weighted by Gasteiger charge is -2.12. The summed E-state index contributed by atoms with van der Waals surface area (Å²) in [6, 6.07) is 12.2. The maximum atomic E-state index is 14.3. The van der Waals surface area contributed by atoms with E-state index in [9.17, 15) is 8.60 Å². The monoisotopic (exact) mass is 375 g/mol. The van der Waals surface area contributed by atoms with Crippen molar-refractivity contribution in [2.24, 2.45) is 0 Å². The summed E-state index contributed by atoms with van der Waals surface area (Å²) in [7, 11) is 0. The summed E-state index contributed by atoms with van der Waals surface area (Å²) < 4.78 is 34.1. The Balaban J connectivity index is 2.08. The molecule has 0 aliphatic carbocycles. The van der Waals surface area contributed by atoms with Crippen molar-refractivity contribution in [3.8, 4) is 22.3 Å². The van der Waals surface area contributed by atoms with Crippen LogP contribution in [0.5, 0.6) is 0 Å². The van der Waals surface area contributed by atoms with Crippen molar-refractivity contribution in [1.82, 2.24) is 4.98 Å². The number of pyridine rings is 1. The Bertz CT molecular complexity index is 962. The van der Waals surface area contributed by atoms with E-state index in [1.165, 1.54) is 12.1 Å². The van der Waals surface area contributed by atoms with Crippen LogP contribution in [0.3, 0.4) is 0 Å². The lowest BCUT2D eigenvalue weighted by molar-refractivity contribution is 0.559. The maximum absolute atomic E-state index is 14.3. The molecule has 25 heavy (non-hydrogen) atoms. The van der Waals surface area contributed by atoms with Gasteiger partial charge in [-0.15, -0.1) is 0 Å². The molecule has 0 bridgehead atoms. The molecular weight excluding hydrogens is 361 g/mol. The summed E-state index contributed by atoms with van der Waals surface area (Å²) in [5.41, 5.74) is 4.38. The van der Waals surface area contributed by atoms with Crippen molar-refractivity contribution < 1.29 is 13.2 Å². The van der Waals surface area contributed by atoms with Crippen LogP contribution in [0.1, 0.15) is 11.1 Å². The Morgan fingerprint density at radius 2 is 1.84 bits per heavy atom. The van der Waals surface area contributed by atoms with Crippen molar-refractivity contribution in [3.05, 3.63) is 76.8 Å². The molecule has 0 aliphatic heterocycles. The van der Waals surface area contributed by atoms with Crippen LogP contribution in [0.25, 0.3) is 22.3 Å². The van der Waals surface area contributed by atoms with Crippen LogP contribution in [0, 0.1) is 12.7 Å². The van der Waals surface area contributed by atoms with Crippen molar-refractivity contribution in [2.45, 2.75) is 12.7 Å². The van der Waals surface area contributed by atoms with E-state index in [2.05, 4.69) is 4.98 Å². The number of halogens is 2. The first-order valence-electron chi connectivity index (χ1n) is 7.52. The zero-order valence-electron chi connectivity index (χ0n) is 13.4. The first kappa shape index (κ1) is 17.7. The molecule has 0 saturated heterocycles. The fourth-order valence-corrected chi connectivity index (χ4v) is 3.28. The molecular formula is C19H15ClFNO2S. The van der Waals surface area contributed by atoms with Crippen LogP contribution in [0.15, 0.2) is 54.9 Å². The minimum atomic E-state index is -2.08. The van der Waals surface area contributed by atoms with Crippen LogP contribution in [0.4, 0.5) is 4.39 Å². The second kappa shape index (κ2) is 7.44. The van der Waals surface area contributed by atoms with Gasteiger partial charge in [0.05, 0.1) is 5.75 Å². The highest BCUT2D eigenvalue weighted by atomic mass is 35.5. The van der Waals surface area contributed by atoms with Gasteiger partial charge in [0.25, 0.3) is 0 Å². The zero-order valence-corrected chi connectivity index (χ0v) is 14.9. The molecule has 1 aromatic heterocycles. The Hall–Kier alpha value is -2.08. The van der Waals surface area contributed by atoms with Crippen molar-refractivity contribution in [2.75, 3.05) is 0 Å². The molecule has 3 rings (SSSR count). The van der Waals surface area contributed by atoms with Crippen LogP contribution in [-0.4, -0.2) is 13.7 Å². The summed E-state index contributed by atoms with van der Waals surface area (Å²) in [5.74, 6) is -0.754. The molecule has 0 fully saturated rings. The third-order valence-electron chi connectivity index (χ3n) is 3.95. The Morgan fingerprint density at radius 1 is 1.12 bits per heavy atom. The van der Waals surface area contributed by atoms with E-state index in [1.807, 2.05) is 31.2 Å². The third-order valence-corrected chi connectivity index (χ3v) is 4.91. The van der Waals surface area contributed by atoms with Crippen molar-refractivity contribution in [1.29, 1.82) is 0 Å². The van der Waals surface area contributed by atoms with E-state index in [-0.39, 0.29) is 11.3 Å². The summed E-state index contributed by atoms with van der Waals surface area (Å²) in [4.78, 5) is 4.14. The van der Waals surface area contributed by atoms with Gasteiger partial charge in [0.15, 0.2) is 11.1 Å². The average molecular weight is 376 g/mol. The molecule has 1 heterocycles. The van der Waals surface area contributed by atoms with Crippen molar-refractivity contribution in [3.63, 3.8) is 0 Å². The topological polar surface area (TPSA) is 50.2 Å². The maximum Gasteiger partial charge on any atom is 0.157 e. The van der Waals surface area contributed by atoms with Gasteiger partial charge in [0, 0.05) is 28.5 Å². The highest BCUT2D eigenvalue weighted by Crippen LogP contribution is 2.34. The van der Waals surface area contributed by atoms with Gasteiger partial charge in [0.1, 0.15) is 5.82 Å². The van der Waals surface area contributed by atoms with Crippen LogP contribution in [-0.2, 0) is 16.8 Å². The van der Waals surface area contributed by atoms with Gasteiger partial charge in [-0.25, -0.2) is 8.60 Å². The van der Waals surface area contributed by atoms with Crippen LogP contribution >= 0.6 is 11.6 Å². The highest BCUT2D eigenvalue weighted by molar-refractivity contribution is 7.78. The van der Waals surface area contributed by atoms with Gasteiger partial charge >= 0.3 is 0 Å². The zero-order chi connectivity index (χ0) is 18.0. The van der Waals surface area contributed by atoms with Gasteiger partial charge in [0.2, 0.25) is 0 Å². The van der Waals surface area contributed by atoms with Gasteiger partial charge < -0.3 is 4.55 Å². The van der Waals surface area contributed by atoms with Crippen molar-refractivity contribution >= 4 is 22.7 Å². The SMILES string of the molecule is Cc1ccc(-c2ccncc2-c2ccc(CS(=O)O)c(F)c2)cc1Cl. The number of hydrogen-bond acceptors (Lipinski definition) is 2. The largest absolute Gasteiger partial charge is 0.306 e.